The van der Waals surface area contributed by atoms with Gasteiger partial charge < -0.3 is 29.2 Å². The second-order valence-corrected chi connectivity index (χ2v) is 11.0. The van der Waals surface area contributed by atoms with E-state index in [0.717, 1.165) is 57.2 Å². The fraction of sp³-hybridized carbons (Fsp3) is 0.455. The number of halogens is 2. The lowest BCUT2D eigenvalue weighted by molar-refractivity contribution is -0.384. The van der Waals surface area contributed by atoms with Crippen molar-refractivity contribution in [1.82, 2.24) is 15.1 Å². The highest BCUT2D eigenvalue weighted by Crippen LogP contribution is 2.40. The van der Waals surface area contributed by atoms with E-state index in [2.05, 4.69) is 15.1 Å². The number of hydrogen-bond donors (Lipinski definition) is 1. The van der Waals surface area contributed by atoms with Crippen LogP contribution in [-0.4, -0.2) is 93.4 Å². The molecule has 0 amide bonds. The van der Waals surface area contributed by atoms with Crippen molar-refractivity contribution in [2.45, 2.75) is 32.6 Å². The normalized spacial score (nSPS) is 16.7. The van der Waals surface area contributed by atoms with Crippen molar-refractivity contribution in [3.8, 4) is 11.5 Å². The van der Waals surface area contributed by atoms with Crippen LogP contribution in [0.1, 0.15) is 38.2 Å². The monoisotopic (exact) mass is 694 g/mol. The number of piperazine rings is 1. The molecule has 2 aromatic carbocycles. The number of methoxy groups -OCH3 is 2. The van der Waals surface area contributed by atoms with Gasteiger partial charge in [-0.1, -0.05) is 24.3 Å². The van der Waals surface area contributed by atoms with E-state index in [1.807, 2.05) is 24.3 Å². The summed E-state index contributed by atoms with van der Waals surface area (Å²) in [5.74, 6) is -0.591. The van der Waals surface area contributed by atoms with Crippen LogP contribution in [0.25, 0.3) is 0 Å². The van der Waals surface area contributed by atoms with Crippen molar-refractivity contribution in [2.75, 3.05) is 66.7 Å². The third-order valence-corrected chi connectivity index (χ3v) is 8.10. The van der Waals surface area contributed by atoms with Crippen LogP contribution in [0, 0.1) is 10.1 Å². The van der Waals surface area contributed by atoms with Crippen LogP contribution in [-0.2, 0) is 19.1 Å². The number of esters is 2. The van der Waals surface area contributed by atoms with Gasteiger partial charge in [0.05, 0.1) is 42.8 Å². The van der Waals surface area contributed by atoms with Crippen molar-refractivity contribution in [3.05, 3.63) is 86.7 Å². The largest absolute Gasteiger partial charge is 0.493 e. The smallest absolute Gasteiger partial charge is 0.336 e. The minimum atomic E-state index is -0.873. The second-order valence-electron chi connectivity index (χ2n) is 11.0. The van der Waals surface area contributed by atoms with Crippen LogP contribution in [0.4, 0.5) is 5.69 Å². The number of nitrogens with one attached hydrogen (secondary N) is 1. The summed E-state index contributed by atoms with van der Waals surface area (Å²) in [6.07, 6.45) is 1.54. The molecule has 0 aromatic heterocycles. The number of unbranched alkanes of at least 4 members (excludes halogenated alkanes) is 1. The molecule has 0 saturated carbocycles. The highest BCUT2D eigenvalue weighted by molar-refractivity contribution is 5.99. The first-order chi connectivity index (χ1) is 21.7. The fourth-order valence-corrected chi connectivity index (χ4v) is 5.74. The number of ether oxygens (including phenoxy) is 4. The van der Waals surface area contributed by atoms with E-state index in [1.165, 1.54) is 25.3 Å². The number of nitrogens with zero attached hydrogens (tertiary/aromatic N) is 3. The van der Waals surface area contributed by atoms with Gasteiger partial charge in [0.1, 0.15) is 6.61 Å². The zero-order chi connectivity index (χ0) is 32.3. The molecule has 1 unspecified atom stereocenters. The standard InChI is InChI=1S/C33H42N4O8.2ClH/c1-23-29(32(38)43-4)31(25-10-9-11-26(22-25)37(40)41)30(24(2)34-23)33(39)45-20-8-7-14-35-15-17-36(18-16-35)19-21-44-28-13-6-5-12-27(28)42-3;;/h5-6,9-13,22,31,34H,7-8,14-21H2,1-4H3;2*1H. The van der Waals surface area contributed by atoms with E-state index in [4.69, 9.17) is 18.9 Å². The quantitative estimate of drug-likeness (QED) is 0.126. The molecule has 1 N–H and O–H groups in total. The van der Waals surface area contributed by atoms with Crippen LogP contribution < -0.4 is 14.8 Å². The van der Waals surface area contributed by atoms with Crippen LogP contribution >= 0.6 is 24.8 Å². The molecule has 0 aliphatic carbocycles. The number of allylic oxidation sites excluding steroid dienone is 2. The number of nitro benzene ring substituents is 1. The van der Waals surface area contributed by atoms with Gasteiger partial charge in [-0.2, -0.15) is 0 Å². The minimum Gasteiger partial charge on any atom is -0.493 e. The third-order valence-electron chi connectivity index (χ3n) is 8.10. The Hall–Kier alpha value is -3.84. The Morgan fingerprint density at radius 1 is 0.851 bits per heavy atom. The predicted molar refractivity (Wildman–Crippen MR) is 182 cm³/mol. The molecular formula is C33H44Cl2N4O8. The number of hydrogen-bond acceptors (Lipinski definition) is 11. The average molecular weight is 696 g/mol. The van der Waals surface area contributed by atoms with Crippen molar-refractivity contribution in [2.24, 2.45) is 0 Å². The summed E-state index contributed by atoms with van der Waals surface area (Å²) >= 11 is 0. The number of dihydropyridines is 1. The highest BCUT2D eigenvalue weighted by atomic mass is 35.5. The van der Waals surface area contributed by atoms with E-state index < -0.39 is 22.8 Å². The number of carbonyl (C=O) groups is 2. The van der Waals surface area contributed by atoms with E-state index in [9.17, 15) is 19.7 Å². The van der Waals surface area contributed by atoms with Gasteiger partial charge in [-0.25, -0.2) is 9.59 Å². The van der Waals surface area contributed by atoms with Crippen LogP contribution in [0.15, 0.2) is 71.1 Å². The second kappa shape index (κ2) is 19.1. The Labute approximate surface area is 288 Å². The van der Waals surface area contributed by atoms with Gasteiger partial charge in [0, 0.05) is 56.3 Å². The molecule has 1 fully saturated rings. The maximum atomic E-state index is 13.4. The van der Waals surface area contributed by atoms with Gasteiger partial charge in [0.15, 0.2) is 11.5 Å². The van der Waals surface area contributed by atoms with E-state index in [-0.39, 0.29) is 48.3 Å². The Bertz CT molecular complexity index is 1440. The number of rotatable bonds is 14. The van der Waals surface area contributed by atoms with Gasteiger partial charge in [0.25, 0.3) is 5.69 Å². The minimum absolute atomic E-state index is 0. The highest BCUT2D eigenvalue weighted by Gasteiger charge is 2.38. The Kier molecular flexibility index (Phi) is 16.0. The SMILES string of the molecule is COC(=O)C1=C(C)NC(C)=C(C(=O)OCCCCN2CCN(CCOc3ccccc3OC)CC2)C1c1cccc([N+](=O)[O-])c1.Cl.Cl. The molecular weight excluding hydrogens is 651 g/mol. The first-order valence-electron chi connectivity index (χ1n) is 15.1. The average Bonchev–Trinajstić information content (AvgIpc) is 3.04. The fourth-order valence-electron chi connectivity index (χ4n) is 5.74. The molecule has 4 rings (SSSR count). The van der Waals surface area contributed by atoms with Crippen molar-refractivity contribution >= 4 is 42.4 Å². The molecule has 1 atom stereocenters. The van der Waals surface area contributed by atoms with Crippen molar-refractivity contribution in [3.63, 3.8) is 0 Å². The number of nitro groups is 1. The molecule has 2 heterocycles. The zero-order valence-corrected chi connectivity index (χ0v) is 28.8. The van der Waals surface area contributed by atoms with E-state index >= 15 is 0 Å². The number of carbonyl (C=O) groups excluding carboxylic acids is 2. The van der Waals surface area contributed by atoms with E-state index in [1.54, 1.807) is 27.0 Å². The maximum absolute atomic E-state index is 13.4. The predicted octanol–water partition coefficient (Wildman–Crippen LogP) is 4.87. The molecule has 12 nitrogen and oxygen atoms in total. The summed E-state index contributed by atoms with van der Waals surface area (Å²) in [6.45, 7) is 9.81. The molecule has 2 aromatic rings. The van der Waals surface area contributed by atoms with Crippen LogP contribution in [0.5, 0.6) is 11.5 Å². The van der Waals surface area contributed by atoms with Gasteiger partial charge >= 0.3 is 11.9 Å². The summed E-state index contributed by atoms with van der Waals surface area (Å²) in [4.78, 5) is 42.0. The molecule has 0 spiro atoms. The molecule has 0 radical (unpaired) electrons. The lowest BCUT2D eigenvalue weighted by Crippen LogP contribution is -2.47. The van der Waals surface area contributed by atoms with Crippen LogP contribution in [0.3, 0.4) is 0 Å². The number of non-ortho nitro benzene ring substituents is 1. The molecule has 2 aliphatic rings. The third kappa shape index (κ3) is 10.3. The zero-order valence-electron chi connectivity index (χ0n) is 27.2. The first kappa shape index (κ1) is 39.3. The summed E-state index contributed by atoms with van der Waals surface area (Å²) in [6, 6.07) is 13.6. The van der Waals surface area contributed by atoms with Crippen molar-refractivity contribution < 1.29 is 33.5 Å². The van der Waals surface area contributed by atoms with Crippen LogP contribution in [0.2, 0.25) is 0 Å². The first-order valence-corrected chi connectivity index (χ1v) is 15.1. The summed E-state index contributed by atoms with van der Waals surface area (Å²) in [5.41, 5.74) is 1.76. The number of benzene rings is 2. The molecule has 258 valence electrons. The topological polar surface area (TPSA) is 133 Å². The molecule has 2 aliphatic heterocycles. The summed E-state index contributed by atoms with van der Waals surface area (Å²) in [7, 11) is 2.89. The molecule has 1 saturated heterocycles. The van der Waals surface area contributed by atoms with Gasteiger partial charge in [-0.15, -0.1) is 24.8 Å². The van der Waals surface area contributed by atoms with E-state index in [0.29, 0.717) is 30.0 Å². The number of para-hydroxylation sites is 2. The Balaban J connectivity index is 0.00000384. The van der Waals surface area contributed by atoms with Gasteiger partial charge in [0.2, 0.25) is 0 Å². The molecule has 14 heteroatoms. The maximum Gasteiger partial charge on any atom is 0.336 e. The Morgan fingerprint density at radius 3 is 2.09 bits per heavy atom. The lowest BCUT2D eigenvalue weighted by atomic mass is 9.80. The lowest BCUT2D eigenvalue weighted by Gasteiger charge is -2.34. The van der Waals surface area contributed by atoms with Gasteiger partial charge in [-0.3, -0.25) is 15.0 Å². The molecule has 0 bridgehead atoms. The van der Waals surface area contributed by atoms with Gasteiger partial charge in [-0.05, 0) is 50.9 Å². The van der Waals surface area contributed by atoms with Crippen molar-refractivity contribution in [1.29, 1.82) is 0 Å². The summed E-state index contributed by atoms with van der Waals surface area (Å²) in [5, 5.41) is 14.6. The molecule has 47 heavy (non-hydrogen) atoms. The summed E-state index contributed by atoms with van der Waals surface area (Å²) < 4.78 is 22.0. The Morgan fingerprint density at radius 2 is 1.47 bits per heavy atom.